The van der Waals surface area contributed by atoms with Crippen LogP contribution in [-0.2, 0) is 17.9 Å². The van der Waals surface area contributed by atoms with E-state index in [-0.39, 0.29) is 13.1 Å². The number of hydrogen-bond acceptors (Lipinski definition) is 3. The summed E-state index contributed by atoms with van der Waals surface area (Å²) in [7, 11) is 0. The molecule has 6 nitrogen and oxygen atoms in total. The minimum absolute atomic E-state index is 0.0625. The van der Waals surface area contributed by atoms with Crippen molar-refractivity contribution in [2.75, 3.05) is 10.6 Å². The molecule has 3 N–H and O–H groups in total. The summed E-state index contributed by atoms with van der Waals surface area (Å²) in [5.74, 6) is -1.88. The molecule has 1 aliphatic heterocycles. The largest absolute Gasteiger partial charge is 0.381 e. The van der Waals surface area contributed by atoms with Gasteiger partial charge in [0.2, 0.25) is 0 Å². The van der Waals surface area contributed by atoms with E-state index < -0.39 is 29.2 Å². The first-order chi connectivity index (χ1) is 12.6. The van der Waals surface area contributed by atoms with Gasteiger partial charge in [-0.2, -0.15) is 0 Å². The lowest BCUT2D eigenvalue weighted by Gasteiger charge is -2.18. The van der Waals surface area contributed by atoms with E-state index in [1.165, 1.54) is 24.8 Å². The number of carbonyl (C=O) groups excluding carboxylic acids is 2. The molecule has 0 radical (unpaired) electrons. The second-order valence-electron chi connectivity index (χ2n) is 6.90. The van der Waals surface area contributed by atoms with Crippen molar-refractivity contribution < 1.29 is 23.5 Å². The molecule has 0 bridgehead atoms. The summed E-state index contributed by atoms with van der Waals surface area (Å²) in [5, 5.41) is 14.9. The summed E-state index contributed by atoms with van der Waals surface area (Å²) in [6.45, 7) is 2.93. The first kappa shape index (κ1) is 18.8. The molecule has 8 heteroatoms. The van der Waals surface area contributed by atoms with Crippen LogP contribution in [-0.4, -0.2) is 27.5 Å². The van der Waals surface area contributed by atoms with Crippen LogP contribution in [0.1, 0.15) is 25.0 Å². The van der Waals surface area contributed by atoms with Gasteiger partial charge in [-0.1, -0.05) is 0 Å². The molecule has 27 heavy (non-hydrogen) atoms. The van der Waals surface area contributed by atoms with Gasteiger partial charge in [0.05, 0.1) is 6.54 Å². The Hall–Kier alpha value is -3.00. The number of benzene rings is 2. The van der Waals surface area contributed by atoms with Gasteiger partial charge < -0.3 is 20.6 Å². The van der Waals surface area contributed by atoms with E-state index in [0.29, 0.717) is 22.5 Å². The molecule has 3 rings (SSSR count). The molecule has 0 spiro atoms. The van der Waals surface area contributed by atoms with Crippen LogP contribution in [0.4, 0.5) is 25.0 Å². The zero-order valence-electron chi connectivity index (χ0n) is 14.8. The number of rotatable bonds is 3. The maximum absolute atomic E-state index is 13.8. The zero-order valence-corrected chi connectivity index (χ0v) is 14.8. The van der Waals surface area contributed by atoms with Crippen LogP contribution in [0.3, 0.4) is 0 Å². The predicted octanol–water partition coefficient (Wildman–Crippen LogP) is 3.22. The minimum Gasteiger partial charge on any atom is -0.381 e. The topological polar surface area (TPSA) is 81.7 Å². The molecule has 142 valence electrons. The summed E-state index contributed by atoms with van der Waals surface area (Å²) in [6.07, 6.45) is 0. The number of urea groups is 1. The van der Waals surface area contributed by atoms with E-state index in [1.807, 2.05) is 0 Å². The van der Waals surface area contributed by atoms with E-state index in [4.69, 9.17) is 0 Å². The fraction of sp³-hybridized carbons (Fsp3) is 0.263. The lowest BCUT2D eigenvalue weighted by Crippen LogP contribution is -2.36. The van der Waals surface area contributed by atoms with Crippen LogP contribution < -0.4 is 10.6 Å². The molecule has 0 atom stereocenters. The van der Waals surface area contributed by atoms with E-state index in [2.05, 4.69) is 10.6 Å². The Morgan fingerprint density at radius 1 is 1.04 bits per heavy atom. The molecule has 3 amide bonds. The van der Waals surface area contributed by atoms with Gasteiger partial charge in [-0.25, -0.2) is 13.6 Å². The molecule has 0 saturated carbocycles. The second-order valence-corrected chi connectivity index (χ2v) is 6.90. The van der Waals surface area contributed by atoms with E-state index >= 15 is 0 Å². The Bertz CT molecular complexity index is 892. The molecule has 2 aromatic rings. The molecular weight excluding hydrogens is 356 g/mol. The zero-order chi connectivity index (χ0) is 19.8. The van der Waals surface area contributed by atoms with Crippen molar-refractivity contribution >= 4 is 23.3 Å². The van der Waals surface area contributed by atoms with Crippen molar-refractivity contribution in [3.63, 3.8) is 0 Å². The summed E-state index contributed by atoms with van der Waals surface area (Å²) >= 11 is 0. The molecule has 1 heterocycles. The van der Waals surface area contributed by atoms with Gasteiger partial charge in [0.1, 0.15) is 17.2 Å². The maximum atomic E-state index is 13.8. The van der Waals surface area contributed by atoms with Crippen LogP contribution in [0.15, 0.2) is 36.4 Å². The first-order valence-corrected chi connectivity index (χ1v) is 8.30. The molecule has 0 saturated heterocycles. The second kappa shape index (κ2) is 6.96. The number of fused-ring (bicyclic) bond motifs is 1. The summed E-state index contributed by atoms with van der Waals surface area (Å²) in [6, 6.07) is 7.91. The SMILES string of the molecule is CC(C)(O)C(=O)Nc1ccc(NC(=O)N2Cc3cc(F)cc(F)c3C2)cc1. The van der Waals surface area contributed by atoms with Crippen molar-refractivity contribution in [1.29, 1.82) is 0 Å². The van der Waals surface area contributed by atoms with Crippen molar-refractivity contribution in [3.05, 3.63) is 59.2 Å². The molecule has 0 aliphatic carbocycles. The van der Waals surface area contributed by atoms with Gasteiger partial charge in [0, 0.05) is 29.5 Å². The van der Waals surface area contributed by atoms with Gasteiger partial charge in [0.25, 0.3) is 5.91 Å². The average Bonchev–Trinajstić information content (AvgIpc) is 3.00. The predicted molar refractivity (Wildman–Crippen MR) is 96.0 cm³/mol. The third-order valence-electron chi connectivity index (χ3n) is 4.20. The standard InChI is InChI=1S/C19H19F2N3O3/c1-19(2,27)17(25)22-13-3-5-14(6-4-13)23-18(26)24-9-11-7-12(20)8-16(21)15(11)10-24/h3-8,27H,9-10H2,1-2H3,(H,22,25)(H,23,26). The van der Waals surface area contributed by atoms with E-state index in [1.54, 1.807) is 24.3 Å². The van der Waals surface area contributed by atoms with E-state index in [9.17, 15) is 23.5 Å². The monoisotopic (exact) mass is 375 g/mol. The maximum Gasteiger partial charge on any atom is 0.322 e. The highest BCUT2D eigenvalue weighted by atomic mass is 19.1. The third-order valence-corrected chi connectivity index (χ3v) is 4.20. The summed E-state index contributed by atoms with van der Waals surface area (Å²) in [4.78, 5) is 25.5. The number of aliphatic hydroxyl groups is 1. The van der Waals surface area contributed by atoms with Crippen molar-refractivity contribution in [1.82, 2.24) is 4.90 Å². The number of hydrogen-bond donors (Lipinski definition) is 3. The fourth-order valence-electron chi connectivity index (χ4n) is 2.69. The van der Waals surface area contributed by atoms with Crippen LogP contribution in [0.5, 0.6) is 0 Å². The highest BCUT2D eigenvalue weighted by molar-refractivity contribution is 5.97. The first-order valence-electron chi connectivity index (χ1n) is 8.30. The highest BCUT2D eigenvalue weighted by Gasteiger charge is 2.27. The Morgan fingerprint density at radius 3 is 2.22 bits per heavy atom. The quantitative estimate of drug-likeness (QED) is 0.770. The van der Waals surface area contributed by atoms with Gasteiger partial charge in [-0.05, 0) is 49.7 Å². The Kier molecular flexibility index (Phi) is 4.84. The molecule has 0 aromatic heterocycles. The lowest BCUT2D eigenvalue weighted by atomic mass is 10.1. The van der Waals surface area contributed by atoms with Gasteiger partial charge in [-0.15, -0.1) is 0 Å². The lowest BCUT2D eigenvalue weighted by molar-refractivity contribution is -0.130. The number of nitrogens with zero attached hydrogens (tertiary/aromatic N) is 1. The van der Waals surface area contributed by atoms with Crippen molar-refractivity contribution in [2.24, 2.45) is 0 Å². The van der Waals surface area contributed by atoms with Crippen molar-refractivity contribution in [2.45, 2.75) is 32.5 Å². The Morgan fingerprint density at radius 2 is 1.63 bits per heavy atom. The van der Waals surface area contributed by atoms with Crippen LogP contribution in [0.2, 0.25) is 0 Å². The number of amides is 3. The van der Waals surface area contributed by atoms with E-state index in [0.717, 1.165) is 6.07 Å². The number of carbonyl (C=O) groups is 2. The van der Waals surface area contributed by atoms with Crippen LogP contribution in [0.25, 0.3) is 0 Å². The molecule has 1 aliphatic rings. The molecule has 2 aromatic carbocycles. The average molecular weight is 375 g/mol. The summed E-state index contributed by atoms with van der Waals surface area (Å²) in [5.41, 5.74) is 0.200. The number of halogens is 2. The van der Waals surface area contributed by atoms with Crippen molar-refractivity contribution in [3.8, 4) is 0 Å². The molecule has 0 unspecified atom stereocenters. The van der Waals surface area contributed by atoms with Crippen LogP contribution >= 0.6 is 0 Å². The fourth-order valence-corrected chi connectivity index (χ4v) is 2.69. The van der Waals surface area contributed by atoms with Gasteiger partial charge in [-0.3, -0.25) is 4.79 Å². The van der Waals surface area contributed by atoms with Crippen LogP contribution in [0, 0.1) is 11.6 Å². The summed E-state index contributed by atoms with van der Waals surface area (Å²) < 4.78 is 27.1. The van der Waals surface area contributed by atoms with Gasteiger partial charge in [0.15, 0.2) is 0 Å². The third kappa shape index (κ3) is 4.22. The smallest absolute Gasteiger partial charge is 0.322 e. The number of anilines is 2. The highest BCUT2D eigenvalue weighted by Crippen LogP contribution is 2.27. The Balaban J connectivity index is 1.62. The minimum atomic E-state index is -1.51. The Labute approximate surface area is 154 Å². The molecule has 0 fully saturated rings. The normalized spacial score (nSPS) is 13.3. The van der Waals surface area contributed by atoms with Gasteiger partial charge >= 0.3 is 6.03 Å². The molecular formula is C19H19F2N3O3. The number of nitrogens with one attached hydrogen (secondary N) is 2.